The molecule has 92 valence electrons. The number of halogens is 2. The van der Waals surface area contributed by atoms with E-state index in [1.807, 2.05) is 6.07 Å². The van der Waals surface area contributed by atoms with E-state index < -0.39 is 0 Å². The highest BCUT2D eigenvalue weighted by Gasteiger charge is 2.19. The van der Waals surface area contributed by atoms with Crippen molar-refractivity contribution in [1.82, 2.24) is 0 Å². The smallest absolute Gasteiger partial charge is 0.141 e. The predicted molar refractivity (Wildman–Crippen MR) is 73.8 cm³/mol. The Morgan fingerprint density at radius 1 is 1.22 bits per heavy atom. The van der Waals surface area contributed by atoms with Crippen molar-refractivity contribution < 1.29 is 4.39 Å². The van der Waals surface area contributed by atoms with E-state index in [9.17, 15) is 4.39 Å². The van der Waals surface area contributed by atoms with Crippen LogP contribution in [0.25, 0.3) is 11.1 Å². The van der Waals surface area contributed by atoms with E-state index in [0.29, 0.717) is 0 Å². The number of nitrogens with zero attached hydrogens (tertiary/aromatic N) is 1. The molecule has 0 aromatic heterocycles. The average molecular weight is 262 g/mol. The van der Waals surface area contributed by atoms with Gasteiger partial charge in [-0.15, -0.1) is 0 Å². The van der Waals surface area contributed by atoms with Gasteiger partial charge in [-0.3, -0.25) is 0 Å². The van der Waals surface area contributed by atoms with E-state index in [0.717, 1.165) is 24.1 Å². The minimum Gasteiger partial charge on any atom is -0.374 e. The lowest BCUT2D eigenvalue weighted by Crippen LogP contribution is -2.12. The van der Waals surface area contributed by atoms with Crippen LogP contribution in [-0.4, -0.2) is 13.6 Å². The SMILES string of the molecule is CN1CCc2c(-c3ccc(F)c(Cl)c3)cccc21. The van der Waals surface area contributed by atoms with E-state index in [4.69, 9.17) is 11.6 Å². The third-order valence-electron chi connectivity index (χ3n) is 3.49. The highest BCUT2D eigenvalue weighted by Crippen LogP contribution is 2.36. The molecule has 0 radical (unpaired) electrons. The Morgan fingerprint density at radius 3 is 2.83 bits per heavy atom. The van der Waals surface area contributed by atoms with Crippen molar-refractivity contribution in [3.05, 3.63) is 52.8 Å². The zero-order chi connectivity index (χ0) is 12.7. The predicted octanol–water partition coefficient (Wildman–Crippen LogP) is 4.14. The van der Waals surface area contributed by atoms with Gasteiger partial charge in [0.25, 0.3) is 0 Å². The van der Waals surface area contributed by atoms with Gasteiger partial charge in [0.15, 0.2) is 0 Å². The third-order valence-corrected chi connectivity index (χ3v) is 3.78. The molecule has 0 spiro atoms. The molecule has 2 aromatic rings. The van der Waals surface area contributed by atoms with Crippen molar-refractivity contribution in [2.45, 2.75) is 6.42 Å². The monoisotopic (exact) mass is 261 g/mol. The summed E-state index contributed by atoms with van der Waals surface area (Å²) < 4.78 is 13.2. The average Bonchev–Trinajstić information content (AvgIpc) is 2.75. The molecule has 0 aliphatic carbocycles. The molecular formula is C15H13ClFN. The second-order valence-electron chi connectivity index (χ2n) is 4.60. The Balaban J connectivity index is 2.15. The Hall–Kier alpha value is -1.54. The summed E-state index contributed by atoms with van der Waals surface area (Å²) >= 11 is 5.86. The van der Waals surface area contributed by atoms with Gasteiger partial charge in [0, 0.05) is 19.3 Å². The standard InChI is InChI=1S/C15H13ClFN/c1-18-8-7-12-11(3-2-4-15(12)18)10-5-6-14(17)13(16)9-10/h2-6,9H,7-8H2,1H3. The van der Waals surface area contributed by atoms with Crippen LogP contribution in [0, 0.1) is 5.82 Å². The number of hydrogen-bond donors (Lipinski definition) is 0. The van der Waals surface area contributed by atoms with E-state index in [1.54, 1.807) is 12.1 Å². The van der Waals surface area contributed by atoms with Crippen LogP contribution >= 0.6 is 11.6 Å². The Morgan fingerprint density at radius 2 is 2.06 bits per heavy atom. The maximum atomic E-state index is 13.2. The third kappa shape index (κ3) is 1.77. The normalized spacial score (nSPS) is 13.8. The van der Waals surface area contributed by atoms with Crippen LogP contribution in [0.15, 0.2) is 36.4 Å². The molecule has 2 aromatic carbocycles. The zero-order valence-electron chi connectivity index (χ0n) is 10.1. The summed E-state index contributed by atoms with van der Waals surface area (Å²) in [4.78, 5) is 2.24. The van der Waals surface area contributed by atoms with E-state index in [1.165, 1.54) is 17.3 Å². The minimum absolute atomic E-state index is 0.177. The Kier molecular flexibility index (Phi) is 2.75. The summed E-state index contributed by atoms with van der Waals surface area (Å²) in [6, 6.07) is 11.1. The fraction of sp³-hybridized carbons (Fsp3) is 0.200. The van der Waals surface area contributed by atoms with Crippen LogP contribution in [0.3, 0.4) is 0 Å². The molecule has 0 saturated carbocycles. The van der Waals surface area contributed by atoms with Gasteiger partial charge in [0.1, 0.15) is 5.82 Å². The Labute approximate surface area is 111 Å². The summed E-state index contributed by atoms with van der Waals surface area (Å²) in [5, 5.41) is 0.177. The number of anilines is 1. The van der Waals surface area contributed by atoms with Crippen LogP contribution in [0.4, 0.5) is 10.1 Å². The molecular weight excluding hydrogens is 249 g/mol. The molecule has 0 amide bonds. The number of benzene rings is 2. The van der Waals surface area contributed by atoms with Crippen molar-refractivity contribution in [1.29, 1.82) is 0 Å². The molecule has 0 saturated heterocycles. The van der Waals surface area contributed by atoms with Gasteiger partial charge in [-0.1, -0.05) is 29.8 Å². The second-order valence-corrected chi connectivity index (χ2v) is 5.01. The van der Waals surface area contributed by atoms with Crippen LogP contribution in [0.5, 0.6) is 0 Å². The second kappa shape index (κ2) is 4.29. The zero-order valence-corrected chi connectivity index (χ0v) is 10.8. The maximum Gasteiger partial charge on any atom is 0.141 e. The van der Waals surface area contributed by atoms with Crippen molar-refractivity contribution in [2.24, 2.45) is 0 Å². The molecule has 0 atom stereocenters. The summed E-state index contributed by atoms with van der Waals surface area (Å²) in [6.07, 6.45) is 1.02. The van der Waals surface area contributed by atoms with Crippen LogP contribution in [0.1, 0.15) is 5.56 Å². The van der Waals surface area contributed by atoms with E-state index in [-0.39, 0.29) is 10.8 Å². The Bertz CT molecular complexity index is 609. The molecule has 1 heterocycles. The molecule has 3 heteroatoms. The molecule has 0 bridgehead atoms. The van der Waals surface area contributed by atoms with Crippen molar-refractivity contribution in [3.63, 3.8) is 0 Å². The van der Waals surface area contributed by atoms with Crippen molar-refractivity contribution in [2.75, 3.05) is 18.5 Å². The first-order valence-electron chi connectivity index (χ1n) is 5.95. The first kappa shape index (κ1) is 11.5. The van der Waals surface area contributed by atoms with Gasteiger partial charge in [-0.25, -0.2) is 4.39 Å². The highest BCUT2D eigenvalue weighted by atomic mass is 35.5. The topological polar surface area (TPSA) is 3.24 Å². The van der Waals surface area contributed by atoms with Gasteiger partial charge in [0.2, 0.25) is 0 Å². The quantitative estimate of drug-likeness (QED) is 0.746. The van der Waals surface area contributed by atoms with Gasteiger partial charge in [0.05, 0.1) is 5.02 Å². The molecule has 0 N–H and O–H groups in total. The first-order chi connectivity index (χ1) is 8.66. The molecule has 1 aliphatic rings. The lowest BCUT2D eigenvalue weighted by molar-refractivity contribution is 0.628. The summed E-state index contributed by atoms with van der Waals surface area (Å²) in [6.45, 7) is 1.03. The summed E-state index contributed by atoms with van der Waals surface area (Å²) in [5.41, 5.74) is 4.71. The van der Waals surface area contributed by atoms with E-state index >= 15 is 0 Å². The van der Waals surface area contributed by atoms with Gasteiger partial charge in [-0.2, -0.15) is 0 Å². The summed E-state index contributed by atoms with van der Waals surface area (Å²) in [5.74, 6) is -0.370. The fourth-order valence-electron chi connectivity index (χ4n) is 2.53. The summed E-state index contributed by atoms with van der Waals surface area (Å²) in [7, 11) is 2.09. The lowest BCUT2D eigenvalue weighted by atomic mass is 9.98. The van der Waals surface area contributed by atoms with Crippen LogP contribution in [-0.2, 0) is 6.42 Å². The number of fused-ring (bicyclic) bond motifs is 1. The lowest BCUT2D eigenvalue weighted by Gasteiger charge is -2.13. The van der Waals surface area contributed by atoms with E-state index in [2.05, 4.69) is 24.1 Å². The fourth-order valence-corrected chi connectivity index (χ4v) is 2.71. The van der Waals surface area contributed by atoms with Crippen LogP contribution in [0.2, 0.25) is 5.02 Å². The molecule has 1 nitrogen and oxygen atoms in total. The molecule has 3 rings (SSSR count). The maximum absolute atomic E-state index is 13.2. The van der Waals surface area contributed by atoms with Gasteiger partial charge >= 0.3 is 0 Å². The molecule has 0 fully saturated rings. The minimum atomic E-state index is -0.370. The largest absolute Gasteiger partial charge is 0.374 e. The molecule has 0 unspecified atom stereocenters. The molecule has 18 heavy (non-hydrogen) atoms. The number of likely N-dealkylation sites (N-methyl/N-ethyl adjacent to an activating group) is 1. The number of rotatable bonds is 1. The first-order valence-corrected chi connectivity index (χ1v) is 6.33. The van der Waals surface area contributed by atoms with Crippen molar-refractivity contribution >= 4 is 17.3 Å². The van der Waals surface area contributed by atoms with Gasteiger partial charge < -0.3 is 4.90 Å². The van der Waals surface area contributed by atoms with Crippen molar-refractivity contribution in [3.8, 4) is 11.1 Å². The highest BCUT2D eigenvalue weighted by molar-refractivity contribution is 6.31. The van der Waals surface area contributed by atoms with Crippen LogP contribution < -0.4 is 4.90 Å². The number of hydrogen-bond acceptors (Lipinski definition) is 1. The molecule has 1 aliphatic heterocycles. The van der Waals surface area contributed by atoms with Gasteiger partial charge in [-0.05, 0) is 41.3 Å².